The summed E-state index contributed by atoms with van der Waals surface area (Å²) in [7, 11) is -4.91. The standard InChI is InChI=1S/C23H23F6N3O6S/c24-22(25,26)12-38-13-1-2-17(15(7-13)23(27,28)29)39(36,37)14-8-16(18(34)31-21(10-30)5-6-21)32(9-14)19(35)20(11-33)3-4-20/h1-2,7,14,16,33H,3-6,8-9,11-12H2,(H,31,34)/t14-,16+/m1/s1. The van der Waals surface area contributed by atoms with E-state index in [1.807, 2.05) is 6.07 Å². The number of nitriles is 1. The second-order valence-electron chi connectivity index (χ2n) is 10.1. The SMILES string of the molecule is N#CC1(NC(=O)[C@@H]2C[C@@H](S(=O)(=O)c3ccc(OCC(F)(F)F)cc3C(F)(F)F)CN2C(=O)C2(CO)CC2)CC1. The van der Waals surface area contributed by atoms with Crippen LogP contribution >= 0.6 is 0 Å². The molecular formula is C23H23F6N3O6S. The summed E-state index contributed by atoms with van der Waals surface area (Å²) in [5.41, 5.74) is -4.16. The number of amides is 2. The molecule has 39 heavy (non-hydrogen) atoms. The van der Waals surface area contributed by atoms with E-state index in [0.717, 1.165) is 4.90 Å². The molecule has 3 fully saturated rings. The van der Waals surface area contributed by atoms with Gasteiger partial charge in [-0.05, 0) is 50.3 Å². The van der Waals surface area contributed by atoms with Gasteiger partial charge < -0.3 is 20.1 Å². The van der Waals surface area contributed by atoms with E-state index in [4.69, 9.17) is 0 Å². The summed E-state index contributed by atoms with van der Waals surface area (Å²) in [6.45, 7) is -3.14. The van der Waals surface area contributed by atoms with Crippen LogP contribution in [0.15, 0.2) is 23.1 Å². The molecule has 1 aliphatic heterocycles. The van der Waals surface area contributed by atoms with Crippen molar-refractivity contribution in [2.24, 2.45) is 5.41 Å². The molecule has 0 unspecified atom stereocenters. The monoisotopic (exact) mass is 583 g/mol. The van der Waals surface area contributed by atoms with Gasteiger partial charge >= 0.3 is 12.4 Å². The van der Waals surface area contributed by atoms with E-state index < -0.39 is 98.6 Å². The normalized spacial score (nSPS) is 23.6. The van der Waals surface area contributed by atoms with E-state index in [9.17, 15) is 54.7 Å². The Bertz CT molecular complexity index is 1310. The molecule has 4 rings (SSSR count). The largest absolute Gasteiger partial charge is 0.484 e. The summed E-state index contributed by atoms with van der Waals surface area (Å²) < 4.78 is 110. The number of sulfone groups is 1. The maximum Gasteiger partial charge on any atom is 0.422 e. The van der Waals surface area contributed by atoms with E-state index in [2.05, 4.69) is 10.1 Å². The highest BCUT2D eigenvalue weighted by Gasteiger charge is 2.57. The van der Waals surface area contributed by atoms with Crippen molar-refractivity contribution in [3.8, 4) is 11.8 Å². The summed E-state index contributed by atoms with van der Waals surface area (Å²) >= 11 is 0. The van der Waals surface area contributed by atoms with Gasteiger partial charge in [-0.1, -0.05) is 0 Å². The van der Waals surface area contributed by atoms with Crippen LogP contribution in [-0.4, -0.2) is 73.0 Å². The number of carbonyl (C=O) groups excluding carboxylic acids is 2. The Kier molecular flexibility index (Phi) is 7.08. The van der Waals surface area contributed by atoms with Crippen molar-refractivity contribution >= 4 is 21.7 Å². The maximum absolute atomic E-state index is 13.8. The predicted molar refractivity (Wildman–Crippen MR) is 119 cm³/mol. The van der Waals surface area contributed by atoms with Crippen LogP contribution in [0.3, 0.4) is 0 Å². The van der Waals surface area contributed by atoms with Crippen molar-refractivity contribution in [2.45, 2.75) is 66.2 Å². The van der Waals surface area contributed by atoms with Crippen LogP contribution in [0.25, 0.3) is 0 Å². The lowest BCUT2D eigenvalue weighted by atomic mass is 10.1. The number of likely N-dealkylation sites (tertiary alicyclic amines) is 1. The fourth-order valence-electron chi connectivity index (χ4n) is 4.51. The van der Waals surface area contributed by atoms with E-state index in [1.54, 1.807) is 0 Å². The number of hydrogen-bond donors (Lipinski definition) is 2. The molecule has 214 valence electrons. The molecule has 2 amide bonds. The molecule has 16 heteroatoms. The van der Waals surface area contributed by atoms with Gasteiger partial charge in [0.25, 0.3) is 0 Å². The molecule has 9 nitrogen and oxygen atoms in total. The Labute approximate surface area is 218 Å². The number of aliphatic hydroxyl groups is 1. The lowest BCUT2D eigenvalue weighted by Gasteiger charge is -2.28. The molecule has 1 saturated heterocycles. The van der Waals surface area contributed by atoms with E-state index in [-0.39, 0.29) is 18.9 Å². The zero-order chi connectivity index (χ0) is 29.0. The topological polar surface area (TPSA) is 137 Å². The molecule has 3 aliphatic rings. The molecule has 0 aromatic heterocycles. The van der Waals surface area contributed by atoms with Crippen LogP contribution in [0, 0.1) is 16.7 Å². The number of alkyl halides is 6. The third-order valence-electron chi connectivity index (χ3n) is 7.17. The van der Waals surface area contributed by atoms with Crippen molar-refractivity contribution < 1.29 is 54.2 Å². The molecule has 2 saturated carbocycles. The zero-order valence-electron chi connectivity index (χ0n) is 20.1. The smallest absolute Gasteiger partial charge is 0.422 e. The van der Waals surface area contributed by atoms with Crippen molar-refractivity contribution in [3.63, 3.8) is 0 Å². The number of benzene rings is 1. The van der Waals surface area contributed by atoms with Gasteiger partial charge in [0.1, 0.15) is 17.3 Å². The number of carbonyl (C=O) groups is 2. The molecule has 1 aromatic carbocycles. The van der Waals surface area contributed by atoms with Crippen molar-refractivity contribution in [1.29, 1.82) is 5.26 Å². The second-order valence-corrected chi connectivity index (χ2v) is 12.3. The molecule has 0 spiro atoms. The van der Waals surface area contributed by atoms with Gasteiger partial charge in [0.15, 0.2) is 16.4 Å². The molecule has 1 heterocycles. The molecule has 2 aliphatic carbocycles. The number of nitrogens with zero attached hydrogens (tertiary/aromatic N) is 2. The minimum Gasteiger partial charge on any atom is -0.484 e. The first kappa shape index (κ1) is 28.9. The molecular weight excluding hydrogens is 560 g/mol. The van der Waals surface area contributed by atoms with Gasteiger partial charge in [-0.15, -0.1) is 0 Å². The maximum atomic E-state index is 13.8. The highest BCUT2D eigenvalue weighted by Crippen LogP contribution is 2.48. The lowest BCUT2D eigenvalue weighted by Crippen LogP contribution is -2.51. The number of nitrogens with one attached hydrogen (secondary N) is 1. The number of rotatable bonds is 8. The lowest BCUT2D eigenvalue weighted by molar-refractivity contribution is -0.153. The molecule has 0 bridgehead atoms. The minimum absolute atomic E-state index is 0.148. The second kappa shape index (κ2) is 9.54. The van der Waals surface area contributed by atoms with Crippen LogP contribution in [-0.2, 0) is 25.6 Å². The van der Waals surface area contributed by atoms with Gasteiger partial charge in [0, 0.05) is 6.54 Å². The Morgan fingerprint density at radius 2 is 1.79 bits per heavy atom. The third kappa shape index (κ3) is 5.79. The van der Waals surface area contributed by atoms with Gasteiger partial charge in [-0.2, -0.15) is 31.6 Å². The van der Waals surface area contributed by atoms with Crippen LogP contribution in [0.4, 0.5) is 26.3 Å². The Hall–Kier alpha value is -3.06. The highest BCUT2D eigenvalue weighted by molar-refractivity contribution is 7.92. The molecule has 0 radical (unpaired) electrons. The van der Waals surface area contributed by atoms with Crippen LogP contribution in [0.1, 0.15) is 37.7 Å². The average Bonchev–Trinajstić information content (AvgIpc) is 3.77. The average molecular weight is 584 g/mol. The van der Waals surface area contributed by atoms with E-state index in [1.165, 1.54) is 0 Å². The fourth-order valence-corrected chi connectivity index (χ4v) is 6.40. The first-order chi connectivity index (χ1) is 18.0. The number of hydrogen-bond acceptors (Lipinski definition) is 7. The summed E-state index contributed by atoms with van der Waals surface area (Å²) in [6.07, 6.45) is -9.55. The molecule has 2 N–H and O–H groups in total. The van der Waals surface area contributed by atoms with Crippen LogP contribution in [0.5, 0.6) is 5.75 Å². The number of aliphatic hydroxyl groups excluding tert-OH is 1. The third-order valence-corrected chi connectivity index (χ3v) is 9.36. The van der Waals surface area contributed by atoms with Gasteiger partial charge in [0.05, 0.1) is 33.8 Å². The Morgan fingerprint density at radius 1 is 1.15 bits per heavy atom. The van der Waals surface area contributed by atoms with Gasteiger partial charge in [-0.3, -0.25) is 9.59 Å². The summed E-state index contributed by atoms with van der Waals surface area (Å²) in [4.78, 5) is 25.9. The minimum atomic E-state index is -5.30. The van der Waals surface area contributed by atoms with Crippen molar-refractivity contribution in [2.75, 3.05) is 19.8 Å². The van der Waals surface area contributed by atoms with E-state index in [0.29, 0.717) is 25.0 Å². The quantitative estimate of drug-likeness (QED) is 0.449. The summed E-state index contributed by atoms with van der Waals surface area (Å²) in [5.74, 6) is -2.43. The van der Waals surface area contributed by atoms with Crippen molar-refractivity contribution in [1.82, 2.24) is 10.2 Å². The Balaban J connectivity index is 1.67. The fraction of sp³-hybridized carbons (Fsp3) is 0.609. The number of halogens is 6. The predicted octanol–water partition coefficient (Wildman–Crippen LogP) is 2.33. The van der Waals surface area contributed by atoms with Crippen molar-refractivity contribution in [3.05, 3.63) is 23.8 Å². The summed E-state index contributed by atoms with van der Waals surface area (Å²) in [6, 6.07) is 1.77. The molecule has 2 atom stereocenters. The highest BCUT2D eigenvalue weighted by atomic mass is 32.2. The van der Waals surface area contributed by atoms with E-state index >= 15 is 0 Å². The van der Waals surface area contributed by atoms with Crippen LogP contribution in [0.2, 0.25) is 0 Å². The number of ether oxygens (including phenoxy) is 1. The zero-order valence-corrected chi connectivity index (χ0v) is 20.9. The Morgan fingerprint density at radius 3 is 2.28 bits per heavy atom. The summed E-state index contributed by atoms with van der Waals surface area (Å²) in [5, 5.41) is 19.8. The molecule has 1 aromatic rings. The first-order valence-electron chi connectivity index (χ1n) is 11.8. The first-order valence-corrected chi connectivity index (χ1v) is 13.3. The van der Waals surface area contributed by atoms with Gasteiger partial charge in [0.2, 0.25) is 11.8 Å². The van der Waals surface area contributed by atoms with Crippen LogP contribution < -0.4 is 10.1 Å². The van der Waals surface area contributed by atoms with Gasteiger partial charge in [-0.25, -0.2) is 8.42 Å².